The lowest BCUT2D eigenvalue weighted by Gasteiger charge is -2.10. The first kappa shape index (κ1) is 10.3. The summed E-state index contributed by atoms with van der Waals surface area (Å²) < 4.78 is 2.27. The van der Waals surface area contributed by atoms with Crippen LogP contribution in [-0.4, -0.2) is 4.57 Å². The predicted molar refractivity (Wildman–Crippen MR) is 65.3 cm³/mol. The van der Waals surface area contributed by atoms with Crippen LogP contribution in [0.15, 0.2) is 36.4 Å². The molecule has 0 aliphatic rings. The topological polar surface area (TPSA) is 4.93 Å². The molecular formula is C13H14ClN. The molecular weight excluding hydrogens is 206 g/mol. The van der Waals surface area contributed by atoms with Gasteiger partial charge in [-0.2, -0.15) is 0 Å². The third kappa shape index (κ3) is 1.80. The molecule has 0 saturated carbocycles. The van der Waals surface area contributed by atoms with Gasteiger partial charge in [-0.3, -0.25) is 0 Å². The molecule has 0 N–H and O–H groups in total. The molecule has 0 atom stereocenters. The van der Waals surface area contributed by atoms with Gasteiger partial charge in [0.05, 0.1) is 0 Å². The maximum atomic E-state index is 6.18. The lowest BCUT2D eigenvalue weighted by atomic mass is 10.1. The van der Waals surface area contributed by atoms with Crippen molar-refractivity contribution in [1.82, 2.24) is 4.57 Å². The van der Waals surface area contributed by atoms with Crippen LogP contribution >= 0.6 is 11.6 Å². The molecule has 1 nitrogen and oxygen atoms in total. The Hall–Kier alpha value is -1.21. The minimum Gasteiger partial charge on any atom is -0.345 e. The number of hydrogen-bond acceptors (Lipinski definition) is 0. The van der Waals surface area contributed by atoms with E-state index in [-0.39, 0.29) is 0 Å². The van der Waals surface area contributed by atoms with Crippen molar-refractivity contribution in [2.75, 3.05) is 0 Å². The van der Waals surface area contributed by atoms with Crippen molar-refractivity contribution in [2.45, 2.75) is 20.4 Å². The number of benzene rings is 1. The summed E-state index contributed by atoms with van der Waals surface area (Å²) in [7, 11) is 0. The van der Waals surface area contributed by atoms with E-state index < -0.39 is 0 Å². The number of halogens is 1. The Morgan fingerprint density at radius 1 is 1.13 bits per heavy atom. The fraction of sp³-hybridized carbons (Fsp3) is 0.231. The van der Waals surface area contributed by atoms with Gasteiger partial charge in [-0.25, -0.2) is 0 Å². The van der Waals surface area contributed by atoms with E-state index in [2.05, 4.69) is 36.6 Å². The average molecular weight is 220 g/mol. The average Bonchev–Trinajstić information content (AvgIpc) is 2.60. The van der Waals surface area contributed by atoms with Crippen LogP contribution < -0.4 is 0 Å². The molecule has 0 unspecified atom stereocenters. The molecule has 15 heavy (non-hydrogen) atoms. The van der Waals surface area contributed by atoms with Crippen LogP contribution in [0.1, 0.15) is 12.6 Å². The molecule has 2 aromatic rings. The lowest BCUT2D eigenvalue weighted by Crippen LogP contribution is -1.98. The van der Waals surface area contributed by atoms with Crippen LogP contribution in [0.3, 0.4) is 0 Å². The summed E-state index contributed by atoms with van der Waals surface area (Å²) in [5, 5.41) is 0.810. The zero-order valence-corrected chi connectivity index (χ0v) is 9.75. The number of rotatable bonds is 2. The highest BCUT2D eigenvalue weighted by Gasteiger charge is 2.08. The SMILES string of the molecule is CCn1c(C)ccc1-c1ccccc1Cl. The number of hydrogen-bond donors (Lipinski definition) is 0. The van der Waals surface area contributed by atoms with E-state index in [1.165, 1.54) is 11.4 Å². The smallest absolute Gasteiger partial charge is 0.0499 e. The van der Waals surface area contributed by atoms with Crippen LogP contribution in [0.25, 0.3) is 11.3 Å². The van der Waals surface area contributed by atoms with Crippen molar-refractivity contribution in [3.05, 3.63) is 47.1 Å². The van der Waals surface area contributed by atoms with Gasteiger partial charge in [0.25, 0.3) is 0 Å². The molecule has 0 aliphatic carbocycles. The van der Waals surface area contributed by atoms with Crippen molar-refractivity contribution in [1.29, 1.82) is 0 Å². The molecule has 0 amide bonds. The van der Waals surface area contributed by atoms with Gasteiger partial charge in [-0.05, 0) is 32.0 Å². The summed E-state index contributed by atoms with van der Waals surface area (Å²) in [5.41, 5.74) is 3.57. The fourth-order valence-electron chi connectivity index (χ4n) is 1.89. The van der Waals surface area contributed by atoms with Gasteiger partial charge in [0.1, 0.15) is 0 Å². The highest BCUT2D eigenvalue weighted by molar-refractivity contribution is 6.33. The van der Waals surface area contributed by atoms with E-state index in [1.54, 1.807) is 0 Å². The van der Waals surface area contributed by atoms with Crippen LogP contribution in [-0.2, 0) is 6.54 Å². The Morgan fingerprint density at radius 3 is 2.53 bits per heavy atom. The Balaban J connectivity index is 2.59. The molecule has 2 heteroatoms. The summed E-state index contributed by atoms with van der Waals surface area (Å²) in [6, 6.07) is 12.2. The van der Waals surface area contributed by atoms with Crippen molar-refractivity contribution in [3.8, 4) is 11.3 Å². The number of nitrogens with zero attached hydrogens (tertiary/aromatic N) is 1. The molecule has 1 aromatic heterocycles. The van der Waals surface area contributed by atoms with Crippen LogP contribution in [0.4, 0.5) is 0 Å². The Bertz CT molecular complexity index is 471. The van der Waals surface area contributed by atoms with Gasteiger partial charge in [-0.1, -0.05) is 29.8 Å². The largest absolute Gasteiger partial charge is 0.345 e. The van der Waals surface area contributed by atoms with Gasteiger partial charge in [0, 0.05) is 28.5 Å². The fourth-order valence-corrected chi connectivity index (χ4v) is 2.13. The van der Waals surface area contributed by atoms with Gasteiger partial charge < -0.3 is 4.57 Å². The zero-order chi connectivity index (χ0) is 10.8. The van der Waals surface area contributed by atoms with E-state index in [0.29, 0.717) is 0 Å². The summed E-state index contributed by atoms with van der Waals surface area (Å²) in [4.78, 5) is 0. The highest BCUT2D eigenvalue weighted by atomic mass is 35.5. The summed E-state index contributed by atoms with van der Waals surface area (Å²) in [5.74, 6) is 0. The minimum atomic E-state index is 0.810. The molecule has 0 saturated heterocycles. The molecule has 0 bridgehead atoms. The van der Waals surface area contributed by atoms with Gasteiger partial charge in [-0.15, -0.1) is 0 Å². The zero-order valence-electron chi connectivity index (χ0n) is 9.00. The van der Waals surface area contributed by atoms with Gasteiger partial charge in [0.15, 0.2) is 0 Å². The van der Waals surface area contributed by atoms with E-state index in [1.807, 2.05) is 18.2 Å². The first-order chi connectivity index (χ1) is 7.24. The van der Waals surface area contributed by atoms with Crippen molar-refractivity contribution < 1.29 is 0 Å². The second-order valence-corrected chi connectivity index (χ2v) is 3.99. The normalized spacial score (nSPS) is 10.6. The molecule has 0 fully saturated rings. The standard InChI is InChI=1S/C13H14ClN/c1-3-15-10(2)8-9-13(15)11-6-4-5-7-12(11)14/h4-9H,3H2,1-2H3. The lowest BCUT2D eigenvalue weighted by molar-refractivity contribution is 0.750. The minimum absolute atomic E-state index is 0.810. The summed E-state index contributed by atoms with van der Waals surface area (Å²) in [6.45, 7) is 5.23. The third-order valence-corrected chi connectivity index (χ3v) is 2.99. The first-order valence-corrected chi connectivity index (χ1v) is 5.53. The Morgan fingerprint density at radius 2 is 1.87 bits per heavy atom. The van der Waals surface area contributed by atoms with Crippen molar-refractivity contribution in [3.63, 3.8) is 0 Å². The maximum Gasteiger partial charge on any atom is 0.0499 e. The quantitative estimate of drug-likeness (QED) is 0.716. The van der Waals surface area contributed by atoms with E-state index >= 15 is 0 Å². The Labute approximate surface area is 95.3 Å². The molecule has 2 rings (SSSR count). The molecule has 1 aromatic carbocycles. The molecule has 1 heterocycles. The van der Waals surface area contributed by atoms with Crippen LogP contribution in [0, 0.1) is 6.92 Å². The molecule has 0 spiro atoms. The van der Waals surface area contributed by atoms with E-state index in [0.717, 1.165) is 17.1 Å². The number of aromatic nitrogens is 1. The van der Waals surface area contributed by atoms with Crippen molar-refractivity contribution >= 4 is 11.6 Å². The second kappa shape index (κ2) is 4.11. The number of aryl methyl sites for hydroxylation is 1. The van der Waals surface area contributed by atoms with Gasteiger partial charge >= 0.3 is 0 Å². The van der Waals surface area contributed by atoms with E-state index in [4.69, 9.17) is 11.6 Å². The monoisotopic (exact) mass is 219 g/mol. The maximum absolute atomic E-state index is 6.18. The summed E-state index contributed by atoms with van der Waals surface area (Å²) >= 11 is 6.18. The van der Waals surface area contributed by atoms with Crippen LogP contribution in [0.5, 0.6) is 0 Å². The Kier molecular flexibility index (Phi) is 2.83. The molecule has 78 valence electrons. The molecule has 0 radical (unpaired) electrons. The predicted octanol–water partition coefficient (Wildman–Crippen LogP) is 4.14. The van der Waals surface area contributed by atoms with Gasteiger partial charge in [0.2, 0.25) is 0 Å². The third-order valence-electron chi connectivity index (χ3n) is 2.66. The van der Waals surface area contributed by atoms with E-state index in [9.17, 15) is 0 Å². The van der Waals surface area contributed by atoms with Crippen molar-refractivity contribution in [2.24, 2.45) is 0 Å². The first-order valence-electron chi connectivity index (χ1n) is 5.15. The second-order valence-electron chi connectivity index (χ2n) is 3.58. The highest BCUT2D eigenvalue weighted by Crippen LogP contribution is 2.28. The summed E-state index contributed by atoms with van der Waals surface area (Å²) in [6.07, 6.45) is 0. The van der Waals surface area contributed by atoms with Crippen LogP contribution in [0.2, 0.25) is 5.02 Å². The molecule has 0 aliphatic heterocycles.